The second kappa shape index (κ2) is 5.75. The van der Waals surface area contributed by atoms with Crippen LogP contribution in [-0.2, 0) is 4.74 Å². The van der Waals surface area contributed by atoms with E-state index < -0.39 is 0 Å². The van der Waals surface area contributed by atoms with Crippen molar-refractivity contribution in [3.8, 4) is 0 Å². The van der Waals surface area contributed by atoms with Crippen LogP contribution in [0.2, 0.25) is 0 Å². The monoisotopic (exact) mass is 220 g/mol. The molecule has 2 rings (SSSR count). The van der Waals surface area contributed by atoms with Crippen molar-refractivity contribution in [2.24, 2.45) is 0 Å². The Labute approximate surface area is 97.0 Å². The van der Waals surface area contributed by atoms with Gasteiger partial charge in [0.1, 0.15) is 0 Å². The molecule has 0 heterocycles. The van der Waals surface area contributed by atoms with Crippen LogP contribution in [0.3, 0.4) is 0 Å². The molecular weight excluding hydrogens is 200 g/mol. The summed E-state index contributed by atoms with van der Waals surface area (Å²) in [4.78, 5) is 0. The lowest BCUT2D eigenvalue weighted by Gasteiger charge is -2.12. The molecule has 0 amide bonds. The highest BCUT2D eigenvalue weighted by Gasteiger charge is 2.14. The smallest absolute Gasteiger partial charge is 0.0642 e. The van der Waals surface area contributed by atoms with Crippen LogP contribution in [0.1, 0.15) is 25.7 Å². The Kier molecular flexibility index (Phi) is 4.05. The minimum Gasteiger partial charge on any atom is -0.397 e. The summed E-state index contributed by atoms with van der Waals surface area (Å²) in [6.07, 6.45) is 5.60. The molecule has 16 heavy (non-hydrogen) atoms. The number of para-hydroxylation sites is 2. The molecule has 88 valence electrons. The van der Waals surface area contributed by atoms with Crippen molar-refractivity contribution in [1.82, 2.24) is 0 Å². The molecule has 0 unspecified atom stereocenters. The van der Waals surface area contributed by atoms with Gasteiger partial charge in [0.25, 0.3) is 0 Å². The molecule has 1 aromatic rings. The van der Waals surface area contributed by atoms with Crippen molar-refractivity contribution in [1.29, 1.82) is 0 Å². The van der Waals surface area contributed by atoms with Crippen molar-refractivity contribution in [3.05, 3.63) is 24.3 Å². The van der Waals surface area contributed by atoms with Crippen LogP contribution in [0.5, 0.6) is 0 Å². The van der Waals surface area contributed by atoms with Crippen molar-refractivity contribution >= 4 is 11.4 Å². The number of nitrogens with one attached hydrogen (secondary N) is 1. The van der Waals surface area contributed by atoms with Gasteiger partial charge in [0.15, 0.2) is 0 Å². The molecule has 1 aliphatic rings. The van der Waals surface area contributed by atoms with Crippen molar-refractivity contribution in [3.63, 3.8) is 0 Å². The van der Waals surface area contributed by atoms with E-state index in [-0.39, 0.29) is 0 Å². The summed E-state index contributed by atoms with van der Waals surface area (Å²) in [5.41, 5.74) is 7.61. The molecule has 0 saturated heterocycles. The molecule has 0 spiro atoms. The zero-order valence-corrected chi connectivity index (χ0v) is 9.61. The van der Waals surface area contributed by atoms with Crippen LogP contribution < -0.4 is 11.1 Å². The van der Waals surface area contributed by atoms with E-state index in [4.69, 9.17) is 10.5 Å². The van der Waals surface area contributed by atoms with Crippen LogP contribution in [0.15, 0.2) is 24.3 Å². The van der Waals surface area contributed by atoms with E-state index in [1.807, 2.05) is 24.3 Å². The second-order valence-electron chi connectivity index (χ2n) is 4.29. The third kappa shape index (κ3) is 3.14. The Morgan fingerprint density at radius 3 is 2.75 bits per heavy atom. The summed E-state index contributed by atoms with van der Waals surface area (Å²) in [7, 11) is 0. The summed E-state index contributed by atoms with van der Waals surface area (Å²) in [6.45, 7) is 1.59. The molecule has 0 aliphatic heterocycles. The fraction of sp³-hybridized carbons (Fsp3) is 0.538. The van der Waals surface area contributed by atoms with Gasteiger partial charge in [-0.15, -0.1) is 0 Å². The van der Waals surface area contributed by atoms with E-state index in [1.165, 1.54) is 25.7 Å². The molecule has 1 aliphatic carbocycles. The van der Waals surface area contributed by atoms with Gasteiger partial charge in [0.2, 0.25) is 0 Å². The first kappa shape index (κ1) is 11.3. The quantitative estimate of drug-likeness (QED) is 0.592. The molecular formula is C13H20N2O. The van der Waals surface area contributed by atoms with E-state index in [2.05, 4.69) is 5.32 Å². The highest BCUT2D eigenvalue weighted by atomic mass is 16.5. The Hall–Kier alpha value is -1.22. The Morgan fingerprint density at radius 1 is 1.25 bits per heavy atom. The minimum atomic E-state index is 0.495. The fourth-order valence-electron chi connectivity index (χ4n) is 2.12. The van der Waals surface area contributed by atoms with Crippen molar-refractivity contribution in [2.75, 3.05) is 24.2 Å². The normalized spacial score (nSPS) is 16.5. The standard InChI is InChI=1S/C13H20N2O/c14-12-7-3-4-8-13(12)15-9-10-16-11-5-1-2-6-11/h3-4,7-8,11,15H,1-2,5-6,9-10,14H2. The lowest BCUT2D eigenvalue weighted by molar-refractivity contribution is 0.0659. The predicted molar refractivity (Wildman–Crippen MR) is 67.6 cm³/mol. The molecule has 0 radical (unpaired) electrons. The molecule has 1 saturated carbocycles. The van der Waals surface area contributed by atoms with Gasteiger partial charge in [-0.3, -0.25) is 0 Å². The van der Waals surface area contributed by atoms with E-state index in [0.29, 0.717) is 6.10 Å². The summed E-state index contributed by atoms with van der Waals surface area (Å²) in [5.74, 6) is 0. The summed E-state index contributed by atoms with van der Waals surface area (Å²) >= 11 is 0. The fourth-order valence-corrected chi connectivity index (χ4v) is 2.12. The molecule has 1 aromatic carbocycles. The highest BCUT2D eigenvalue weighted by Crippen LogP contribution is 2.21. The van der Waals surface area contributed by atoms with Gasteiger partial charge >= 0.3 is 0 Å². The van der Waals surface area contributed by atoms with E-state index in [1.54, 1.807) is 0 Å². The van der Waals surface area contributed by atoms with Gasteiger partial charge in [-0.1, -0.05) is 25.0 Å². The van der Waals surface area contributed by atoms with Crippen LogP contribution in [0.4, 0.5) is 11.4 Å². The average Bonchev–Trinajstić information content (AvgIpc) is 2.79. The number of nitrogen functional groups attached to an aromatic ring is 1. The number of anilines is 2. The molecule has 0 atom stereocenters. The summed E-state index contributed by atoms with van der Waals surface area (Å²) in [5, 5.41) is 3.29. The second-order valence-corrected chi connectivity index (χ2v) is 4.29. The molecule has 3 N–H and O–H groups in total. The summed E-state index contributed by atoms with van der Waals surface area (Å²) in [6, 6.07) is 7.82. The number of rotatable bonds is 5. The van der Waals surface area contributed by atoms with Gasteiger partial charge in [-0.2, -0.15) is 0 Å². The van der Waals surface area contributed by atoms with Crippen molar-refractivity contribution < 1.29 is 4.74 Å². The minimum absolute atomic E-state index is 0.495. The third-order valence-electron chi connectivity index (χ3n) is 3.03. The third-order valence-corrected chi connectivity index (χ3v) is 3.03. The topological polar surface area (TPSA) is 47.3 Å². The Balaban J connectivity index is 1.66. The van der Waals surface area contributed by atoms with Gasteiger partial charge in [-0.05, 0) is 25.0 Å². The Bertz CT molecular complexity index is 321. The Morgan fingerprint density at radius 2 is 2.00 bits per heavy atom. The number of hydrogen-bond acceptors (Lipinski definition) is 3. The summed E-state index contributed by atoms with van der Waals surface area (Å²) < 4.78 is 5.76. The van der Waals surface area contributed by atoms with E-state index >= 15 is 0 Å². The van der Waals surface area contributed by atoms with E-state index in [0.717, 1.165) is 24.5 Å². The first-order valence-corrected chi connectivity index (χ1v) is 6.06. The van der Waals surface area contributed by atoms with Crippen molar-refractivity contribution in [2.45, 2.75) is 31.8 Å². The number of nitrogens with two attached hydrogens (primary N) is 1. The predicted octanol–water partition coefficient (Wildman–Crippen LogP) is 2.64. The van der Waals surface area contributed by atoms with Crippen LogP contribution in [0, 0.1) is 0 Å². The highest BCUT2D eigenvalue weighted by molar-refractivity contribution is 5.65. The molecule has 3 heteroatoms. The van der Waals surface area contributed by atoms with Crippen LogP contribution in [0.25, 0.3) is 0 Å². The zero-order valence-electron chi connectivity index (χ0n) is 9.61. The SMILES string of the molecule is Nc1ccccc1NCCOC1CCCC1. The van der Waals surface area contributed by atoms with Gasteiger partial charge in [0.05, 0.1) is 24.1 Å². The lowest BCUT2D eigenvalue weighted by atomic mass is 10.3. The maximum Gasteiger partial charge on any atom is 0.0642 e. The van der Waals surface area contributed by atoms with Crippen LogP contribution in [-0.4, -0.2) is 19.3 Å². The van der Waals surface area contributed by atoms with Gasteiger partial charge < -0.3 is 15.8 Å². The zero-order chi connectivity index (χ0) is 11.2. The number of hydrogen-bond donors (Lipinski definition) is 2. The number of benzene rings is 1. The molecule has 1 fully saturated rings. The lowest BCUT2D eigenvalue weighted by Crippen LogP contribution is -2.15. The molecule has 3 nitrogen and oxygen atoms in total. The number of ether oxygens (including phenoxy) is 1. The van der Waals surface area contributed by atoms with Gasteiger partial charge in [0, 0.05) is 6.54 Å². The van der Waals surface area contributed by atoms with Crippen LogP contribution >= 0.6 is 0 Å². The maximum absolute atomic E-state index is 5.82. The maximum atomic E-state index is 5.82. The first-order valence-electron chi connectivity index (χ1n) is 6.06. The average molecular weight is 220 g/mol. The van der Waals surface area contributed by atoms with Gasteiger partial charge in [-0.25, -0.2) is 0 Å². The molecule has 0 bridgehead atoms. The first-order chi connectivity index (χ1) is 7.86. The molecule has 0 aromatic heterocycles. The largest absolute Gasteiger partial charge is 0.397 e. The van der Waals surface area contributed by atoms with E-state index in [9.17, 15) is 0 Å².